The number of nitro groups is 1. The Bertz CT molecular complexity index is 1130. The number of ether oxygens (including phenoxy) is 2. The Morgan fingerprint density at radius 2 is 1.71 bits per heavy atom. The monoisotopic (exact) mass is 463 g/mol. The van der Waals surface area contributed by atoms with Gasteiger partial charge in [0, 0.05) is 24.4 Å². The maximum absolute atomic E-state index is 12.9. The van der Waals surface area contributed by atoms with Crippen molar-refractivity contribution >= 4 is 17.3 Å². The molecule has 8 nitrogen and oxygen atoms in total. The van der Waals surface area contributed by atoms with Crippen molar-refractivity contribution < 1.29 is 19.2 Å². The molecule has 1 amide bonds. The molecule has 3 aromatic rings. The highest BCUT2D eigenvalue weighted by Gasteiger charge is 2.22. The van der Waals surface area contributed by atoms with Crippen LogP contribution in [0.2, 0.25) is 0 Å². The van der Waals surface area contributed by atoms with Gasteiger partial charge in [-0.3, -0.25) is 14.9 Å². The van der Waals surface area contributed by atoms with Crippen LogP contribution in [-0.2, 0) is 0 Å². The molecule has 0 spiro atoms. The van der Waals surface area contributed by atoms with Crippen LogP contribution in [0, 0.1) is 10.1 Å². The fraction of sp³-hybridized carbons (Fsp3) is 0.269. The fourth-order valence-corrected chi connectivity index (χ4v) is 3.58. The first-order valence-corrected chi connectivity index (χ1v) is 11.1. The lowest BCUT2D eigenvalue weighted by atomic mass is 10.0. The van der Waals surface area contributed by atoms with E-state index in [0.717, 1.165) is 25.2 Å². The number of methoxy groups -OCH3 is 1. The van der Waals surface area contributed by atoms with Crippen LogP contribution >= 0.6 is 0 Å². The molecule has 3 aromatic carbocycles. The zero-order valence-corrected chi connectivity index (χ0v) is 19.6. The van der Waals surface area contributed by atoms with Crippen molar-refractivity contribution in [3.8, 4) is 22.6 Å². The van der Waals surface area contributed by atoms with Crippen molar-refractivity contribution in [3.05, 3.63) is 82.4 Å². The Kier molecular flexibility index (Phi) is 8.59. The molecule has 0 fully saturated rings. The summed E-state index contributed by atoms with van der Waals surface area (Å²) in [5.74, 6) is 0.447. The maximum atomic E-state index is 12.9. The molecule has 0 heterocycles. The first kappa shape index (κ1) is 24.7. The molecule has 0 saturated heterocycles. The second-order valence-corrected chi connectivity index (χ2v) is 7.55. The topological polar surface area (TPSA) is 93.9 Å². The molecule has 34 heavy (non-hydrogen) atoms. The van der Waals surface area contributed by atoms with Crippen molar-refractivity contribution in [1.29, 1.82) is 0 Å². The number of hydrogen-bond donors (Lipinski definition) is 1. The highest BCUT2D eigenvalue weighted by molar-refractivity contribution is 6.07. The molecule has 0 radical (unpaired) electrons. The lowest BCUT2D eigenvalue weighted by Gasteiger charge is -2.19. The summed E-state index contributed by atoms with van der Waals surface area (Å²) in [4.78, 5) is 26.3. The van der Waals surface area contributed by atoms with Gasteiger partial charge in [-0.25, -0.2) is 0 Å². The van der Waals surface area contributed by atoms with Crippen molar-refractivity contribution in [1.82, 2.24) is 4.90 Å². The minimum absolute atomic E-state index is 0.0236. The minimum atomic E-state index is -0.578. The summed E-state index contributed by atoms with van der Waals surface area (Å²) in [7, 11) is 1.54. The van der Waals surface area contributed by atoms with Gasteiger partial charge in [0.15, 0.2) is 11.5 Å². The predicted molar refractivity (Wildman–Crippen MR) is 133 cm³/mol. The Balaban J connectivity index is 1.80. The van der Waals surface area contributed by atoms with Gasteiger partial charge >= 0.3 is 0 Å². The number of carbonyl (C=O) groups is 1. The number of anilines is 1. The van der Waals surface area contributed by atoms with Gasteiger partial charge < -0.3 is 19.7 Å². The van der Waals surface area contributed by atoms with Crippen molar-refractivity contribution in [3.63, 3.8) is 0 Å². The molecular formula is C26H29N3O5. The van der Waals surface area contributed by atoms with Crippen LogP contribution in [0.15, 0.2) is 66.7 Å². The van der Waals surface area contributed by atoms with E-state index in [-0.39, 0.29) is 11.3 Å². The molecule has 0 aliphatic heterocycles. The van der Waals surface area contributed by atoms with Gasteiger partial charge in [0.1, 0.15) is 12.2 Å². The fourth-order valence-electron chi connectivity index (χ4n) is 3.58. The number of rotatable bonds is 11. The van der Waals surface area contributed by atoms with E-state index < -0.39 is 10.8 Å². The Hall–Kier alpha value is -3.91. The Labute approximate surface area is 199 Å². The number of nitrogens with one attached hydrogen (secondary N) is 1. The van der Waals surface area contributed by atoms with Crippen LogP contribution in [0.25, 0.3) is 11.1 Å². The third kappa shape index (κ3) is 6.11. The summed E-state index contributed by atoms with van der Waals surface area (Å²) < 4.78 is 11.3. The molecule has 0 aliphatic rings. The average Bonchev–Trinajstić information content (AvgIpc) is 2.87. The number of likely N-dealkylation sites (N-methyl/N-ethyl adjacent to an activating group) is 1. The summed E-state index contributed by atoms with van der Waals surface area (Å²) in [6.45, 7) is 7.25. The second-order valence-electron chi connectivity index (χ2n) is 7.55. The lowest BCUT2D eigenvalue weighted by molar-refractivity contribution is -0.385. The van der Waals surface area contributed by atoms with E-state index in [2.05, 4.69) is 24.1 Å². The molecule has 0 unspecified atom stereocenters. The number of carbonyl (C=O) groups excluding carboxylic acids is 1. The SMILES string of the molecule is CCN(CC)CCOc1cc(NC(=O)c2ccc(-c3ccccc3)cc2[N+](=O)[O-])ccc1OC. The van der Waals surface area contributed by atoms with Gasteiger partial charge in [-0.05, 0) is 42.4 Å². The van der Waals surface area contributed by atoms with Crippen molar-refractivity contribution in [2.75, 3.05) is 38.7 Å². The quantitative estimate of drug-likeness (QED) is 0.309. The second kappa shape index (κ2) is 11.8. The van der Waals surface area contributed by atoms with Gasteiger partial charge in [0.2, 0.25) is 0 Å². The molecule has 0 saturated carbocycles. The van der Waals surface area contributed by atoms with Gasteiger partial charge in [-0.15, -0.1) is 0 Å². The highest BCUT2D eigenvalue weighted by atomic mass is 16.6. The van der Waals surface area contributed by atoms with Crippen LogP contribution in [0.3, 0.4) is 0 Å². The zero-order valence-electron chi connectivity index (χ0n) is 19.6. The molecule has 1 N–H and O–H groups in total. The Morgan fingerprint density at radius 3 is 2.35 bits per heavy atom. The smallest absolute Gasteiger partial charge is 0.282 e. The Morgan fingerprint density at radius 1 is 0.971 bits per heavy atom. The van der Waals surface area contributed by atoms with Crippen molar-refractivity contribution in [2.24, 2.45) is 0 Å². The molecule has 0 aromatic heterocycles. The number of amides is 1. The molecule has 0 aliphatic carbocycles. The standard InChI is InChI=1S/C26H29N3O5/c1-4-28(5-2)15-16-34-25-18-21(12-14-24(25)33-3)27-26(30)22-13-11-20(17-23(22)29(31)32)19-9-7-6-8-10-19/h6-14,17-18H,4-5,15-16H2,1-3H3,(H,27,30). The van der Waals surface area contributed by atoms with E-state index >= 15 is 0 Å². The average molecular weight is 464 g/mol. The molecular weight excluding hydrogens is 434 g/mol. The van der Waals surface area contributed by atoms with Gasteiger partial charge in [-0.1, -0.05) is 50.2 Å². The summed E-state index contributed by atoms with van der Waals surface area (Å²) in [6.07, 6.45) is 0. The van der Waals surface area contributed by atoms with Crippen LogP contribution in [0.5, 0.6) is 11.5 Å². The molecule has 178 valence electrons. The molecule has 3 rings (SSSR count). The van der Waals surface area contributed by atoms with Gasteiger partial charge in [0.25, 0.3) is 11.6 Å². The van der Waals surface area contributed by atoms with Crippen LogP contribution in [-0.4, -0.2) is 49.1 Å². The van der Waals surface area contributed by atoms with E-state index in [1.165, 1.54) is 12.1 Å². The predicted octanol–water partition coefficient (Wildman–Crippen LogP) is 5.24. The van der Waals surface area contributed by atoms with E-state index in [1.807, 2.05) is 30.3 Å². The van der Waals surface area contributed by atoms with Crippen LogP contribution in [0.4, 0.5) is 11.4 Å². The number of benzene rings is 3. The minimum Gasteiger partial charge on any atom is -0.493 e. The molecule has 0 atom stereocenters. The van der Waals surface area contributed by atoms with Gasteiger partial charge in [-0.2, -0.15) is 0 Å². The summed E-state index contributed by atoms with van der Waals surface area (Å²) in [6, 6.07) is 18.9. The third-order valence-electron chi connectivity index (χ3n) is 5.53. The highest BCUT2D eigenvalue weighted by Crippen LogP contribution is 2.32. The number of nitro benzene ring substituents is 1. The zero-order chi connectivity index (χ0) is 24.5. The van der Waals surface area contributed by atoms with Crippen LogP contribution in [0.1, 0.15) is 24.2 Å². The van der Waals surface area contributed by atoms with E-state index in [9.17, 15) is 14.9 Å². The molecule has 0 bridgehead atoms. The first-order valence-electron chi connectivity index (χ1n) is 11.1. The lowest BCUT2D eigenvalue weighted by Crippen LogP contribution is -2.28. The van der Waals surface area contributed by atoms with E-state index in [0.29, 0.717) is 29.4 Å². The van der Waals surface area contributed by atoms with Gasteiger partial charge in [0.05, 0.1) is 12.0 Å². The number of hydrogen-bond acceptors (Lipinski definition) is 6. The largest absolute Gasteiger partial charge is 0.493 e. The summed E-state index contributed by atoms with van der Waals surface area (Å²) in [5.41, 5.74) is 1.66. The number of nitrogens with zero attached hydrogens (tertiary/aromatic N) is 2. The van der Waals surface area contributed by atoms with Crippen LogP contribution < -0.4 is 14.8 Å². The van der Waals surface area contributed by atoms with E-state index in [1.54, 1.807) is 31.4 Å². The summed E-state index contributed by atoms with van der Waals surface area (Å²) >= 11 is 0. The van der Waals surface area contributed by atoms with E-state index in [4.69, 9.17) is 9.47 Å². The maximum Gasteiger partial charge on any atom is 0.282 e. The normalized spacial score (nSPS) is 10.7. The first-order chi connectivity index (χ1) is 16.5. The molecule has 8 heteroatoms. The third-order valence-corrected chi connectivity index (χ3v) is 5.53. The summed E-state index contributed by atoms with van der Waals surface area (Å²) in [5, 5.41) is 14.4. The van der Waals surface area contributed by atoms with Crippen molar-refractivity contribution in [2.45, 2.75) is 13.8 Å².